The van der Waals surface area contributed by atoms with Gasteiger partial charge in [0.1, 0.15) is 0 Å². The van der Waals surface area contributed by atoms with E-state index in [-0.39, 0.29) is 0 Å². The van der Waals surface area contributed by atoms with Gasteiger partial charge in [0, 0.05) is 0 Å². The molecule has 0 spiro atoms. The second kappa shape index (κ2) is 8.07. The first-order valence-corrected chi connectivity index (χ1v) is 16.9. The molecule has 2 aromatic rings. The van der Waals surface area contributed by atoms with Crippen LogP contribution in [0.5, 0.6) is 0 Å². The van der Waals surface area contributed by atoms with Crippen molar-refractivity contribution in [2.75, 3.05) is 0 Å². The van der Waals surface area contributed by atoms with Gasteiger partial charge in [-0.2, -0.15) is 0 Å². The third-order valence-corrected chi connectivity index (χ3v) is 11.8. The van der Waals surface area contributed by atoms with Crippen molar-refractivity contribution in [3.8, 4) is 0 Å². The van der Waals surface area contributed by atoms with Crippen LogP contribution in [-0.4, -0.2) is 0 Å². The van der Waals surface area contributed by atoms with Crippen LogP contribution in [0.15, 0.2) is 54.3 Å². The summed E-state index contributed by atoms with van der Waals surface area (Å²) in [7, 11) is 0. The molecular weight excluding hydrogens is 688 g/mol. The Bertz CT molecular complexity index is 492. The average molecular weight is 698 g/mol. The van der Waals surface area contributed by atoms with E-state index < -0.39 is 24.6 Å². The molecule has 5 heteroatoms. The molecule has 0 aromatic heterocycles. The molecule has 0 amide bonds. The second-order valence-electron chi connectivity index (χ2n) is 4.41. The van der Waals surface area contributed by atoms with Gasteiger partial charge < -0.3 is 0 Å². The SMILES string of the molecule is Brc1cc(Br)cc([CH2][Hg][CH2]c2cc(Br)cc(Br)c2)c1. The monoisotopic (exact) mass is 696 g/mol. The van der Waals surface area contributed by atoms with Crippen molar-refractivity contribution < 1.29 is 24.6 Å². The third-order valence-electron chi connectivity index (χ3n) is 2.78. The van der Waals surface area contributed by atoms with Crippen molar-refractivity contribution in [3.05, 3.63) is 65.4 Å². The minimum absolute atomic E-state index is 0.899. The first kappa shape index (κ1) is 16.7. The van der Waals surface area contributed by atoms with E-state index in [0.717, 1.165) is 17.9 Å². The van der Waals surface area contributed by atoms with Crippen molar-refractivity contribution >= 4 is 63.7 Å². The van der Waals surface area contributed by atoms with Crippen LogP contribution in [0.2, 0.25) is 0 Å². The van der Waals surface area contributed by atoms with Gasteiger partial charge in [-0.15, -0.1) is 0 Å². The molecule has 0 nitrogen and oxygen atoms in total. The zero-order chi connectivity index (χ0) is 13.8. The summed E-state index contributed by atoms with van der Waals surface area (Å²) in [5.74, 6) is 0. The van der Waals surface area contributed by atoms with Gasteiger partial charge in [0.2, 0.25) is 0 Å². The average Bonchev–Trinajstić information content (AvgIpc) is 2.26. The van der Waals surface area contributed by atoms with E-state index in [0.29, 0.717) is 0 Å². The number of benzene rings is 2. The summed E-state index contributed by atoms with van der Waals surface area (Å²) in [4.78, 5) is 0. The second-order valence-corrected chi connectivity index (χ2v) is 14.7. The molecule has 0 radical (unpaired) electrons. The minimum atomic E-state index is -0.899. The Balaban J connectivity index is 1.96. The predicted molar refractivity (Wildman–Crippen MR) is 91.1 cm³/mol. The van der Waals surface area contributed by atoms with Crippen molar-refractivity contribution in [2.24, 2.45) is 0 Å². The maximum atomic E-state index is 3.55. The molecule has 2 rings (SSSR count). The number of hydrogen-bond acceptors (Lipinski definition) is 0. The molecule has 0 saturated carbocycles. The Kier molecular flexibility index (Phi) is 7.07. The Morgan fingerprint density at radius 1 is 0.579 bits per heavy atom. The summed E-state index contributed by atoms with van der Waals surface area (Å²) in [5, 5.41) is 0. The van der Waals surface area contributed by atoms with E-state index in [4.69, 9.17) is 0 Å². The first-order chi connectivity index (χ1) is 9.02. The van der Waals surface area contributed by atoms with Gasteiger partial charge >= 0.3 is 162 Å². The molecule has 0 N–H and O–H groups in total. The van der Waals surface area contributed by atoms with Crippen molar-refractivity contribution in [1.29, 1.82) is 0 Å². The fourth-order valence-electron chi connectivity index (χ4n) is 2.01. The summed E-state index contributed by atoms with van der Waals surface area (Å²) in [6, 6.07) is 13.1. The van der Waals surface area contributed by atoms with Gasteiger partial charge in [-0.1, -0.05) is 0 Å². The van der Waals surface area contributed by atoms with Crippen molar-refractivity contribution in [3.63, 3.8) is 0 Å². The third kappa shape index (κ3) is 5.89. The number of halogens is 4. The molecule has 2 aromatic carbocycles. The molecule has 0 aliphatic heterocycles. The van der Waals surface area contributed by atoms with E-state index in [9.17, 15) is 0 Å². The molecule has 0 atom stereocenters. The van der Waals surface area contributed by atoms with Crippen molar-refractivity contribution in [1.82, 2.24) is 0 Å². The maximum absolute atomic E-state index is 3.55. The molecule has 0 fully saturated rings. The van der Waals surface area contributed by atoms with Crippen LogP contribution in [-0.2, 0) is 32.4 Å². The molecule has 0 aliphatic rings. The summed E-state index contributed by atoms with van der Waals surface area (Å²) in [6.07, 6.45) is 0. The van der Waals surface area contributed by atoms with E-state index >= 15 is 0 Å². The van der Waals surface area contributed by atoms with Gasteiger partial charge in [0.15, 0.2) is 0 Å². The molecular formula is C14H10Br4Hg. The van der Waals surface area contributed by atoms with Gasteiger partial charge in [-0.25, -0.2) is 0 Å². The Morgan fingerprint density at radius 2 is 0.895 bits per heavy atom. The van der Waals surface area contributed by atoms with Crippen LogP contribution in [0.1, 0.15) is 11.1 Å². The topological polar surface area (TPSA) is 0 Å². The molecule has 0 aliphatic carbocycles. The first-order valence-electron chi connectivity index (χ1n) is 5.93. The van der Waals surface area contributed by atoms with Crippen LogP contribution in [0, 0.1) is 0 Å². The summed E-state index contributed by atoms with van der Waals surface area (Å²) in [5.41, 5.74) is 2.91. The van der Waals surface area contributed by atoms with Gasteiger partial charge in [-0.05, 0) is 0 Å². The fraction of sp³-hybridized carbons (Fsp3) is 0.143. The van der Waals surface area contributed by atoms with Gasteiger partial charge in [-0.3, -0.25) is 0 Å². The molecule has 0 unspecified atom stereocenters. The van der Waals surface area contributed by atoms with E-state index in [1.165, 1.54) is 19.0 Å². The normalized spacial score (nSPS) is 10.3. The number of hydrogen-bond donors (Lipinski definition) is 0. The molecule has 0 heterocycles. The van der Waals surface area contributed by atoms with Crippen LogP contribution in [0.4, 0.5) is 0 Å². The van der Waals surface area contributed by atoms with E-state index in [2.05, 4.69) is 100 Å². The molecule has 0 saturated heterocycles. The summed E-state index contributed by atoms with van der Waals surface area (Å²) >= 11 is 13.3. The Morgan fingerprint density at radius 3 is 1.21 bits per heavy atom. The van der Waals surface area contributed by atoms with Crippen LogP contribution >= 0.6 is 63.7 Å². The summed E-state index contributed by atoms with van der Waals surface area (Å²) < 4.78 is 7.27. The molecule has 19 heavy (non-hydrogen) atoms. The van der Waals surface area contributed by atoms with Gasteiger partial charge in [0.05, 0.1) is 0 Å². The zero-order valence-electron chi connectivity index (χ0n) is 10.1. The van der Waals surface area contributed by atoms with E-state index in [1.54, 1.807) is 0 Å². The van der Waals surface area contributed by atoms with Crippen LogP contribution in [0.25, 0.3) is 0 Å². The Labute approximate surface area is 159 Å². The van der Waals surface area contributed by atoms with Gasteiger partial charge in [0.25, 0.3) is 0 Å². The Hall–Kier alpha value is 1.30. The number of rotatable bonds is 4. The summed E-state index contributed by atoms with van der Waals surface area (Å²) in [6.45, 7) is 0. The molecule has 0 bridgehead atoms. The quantitative estimate of drug-likeness (QED) is 0.320. The van der Waals surface area contributed by atoms with E-state index in [1.807, 2.05) is 0 Å². The van der Waals surface area contributed by atoms with Crippen LogP contribution < -0.4 is 0 Å². The standard InChI is InChI=1S/2C7H5Br2.Hg/c2*1-5-2-6(8)4-7(9)3-5;/h2*2-4H,1H2;. The predicted octanol–water partition coefficient (Wildman–Crippen LogP) is 6.52. The van der Waals surface area contributed by atoms with Crippen molar-refractivity contribution in [2.45, 2.75) is 7.86 Å². The molecule has 96 valence electrons. The van der Waals surface area contributed by atoms with Crippen LogP contribution in [0.3, 0.4) is 0 Å². The zero-order valence-corrected chi connectivity index (χ0v) is 21.9. The fourth-order valence-corrected chi connectivity index (χ4v) is 10.9.